The number of furan rings is 1. The molecule has 2 aromatic rings. The standard InChI is InChI=1S/C21H28N2O2/c24-21(20-14-17-8-4-5-9-19(17)25-20)22-18-10-12-23(13-11-18)15-16-6-2-1-3-7-16/h4-5,8-9,14,16,18H,1-3,6-7,10-13,15H2,(H,22,24). The van der Waals surface area contributed by atoms with E-state index in [4.69, 9.17) is 4.42 Å². The monoisotopic (exact) mass is 340 g/mol. The van der Waals surface area contributed by atoms with Crippen LogP contribution >= 0.6 is 0 Å². The molecule has 4 rings (SSSR count). The smallest absolute Gasteiger partial charge is 0.287 e. The summed E-state index contributed by atoms with van der Waals surface area (Å²) in [6, 6.07) is 9.86. The molecule has 1 saturated carbocycles. The maximum Gasteiger partial charge on any atom is 0.287 e. The van der Waals surface area contributed by atoms with Gasteiger partial charge in [0.25, 0.3) is 5.91 Å². The van der Waals surface area contributed by atoms with E-state index in [0.717, 1.165) is 42.8 Å². The molecule has 1 aromatic heterocycles. The van der Waals surface area contributed by atoms with Crippen LogP contribution in [0.3, 0.4) is 0 Å². The fraction of sp³-hybridized carbons (Fsp3) is 0.571. The van der Waals surface area contributed by atoms with Crippen LogP contribution in [0.5, 0.6) is 0 Å². The molecule has 1 aliphatic heterocycles. The molecule has 0 radical (unpaired) electrons. The second-order valence-corrected chi connectivity index (χ2v) is 7.70. The van der Waals surface area contributed by atoms with E-state index in [1.807, 2.05) is 30.3 Å². The largest absolute Gasteiger partial charge is 0.451 e. The van der Waals surface area contributed by atoms with Gasteiger partial charge in [-0.2, -0.15) is 0 Å². The van der Waals surface area contributed by atoms with Crippen molar-refractivity contribution < 1.29 is 9.21 Å². The Balaban J connectivity index is 1.27. The van der Waals surface area contributed by atoms with Gasteiger partial charge in [-0.25, -0.2) is 0 Å². The van der Waals surface area contributed by atoms with E-state index in [-0.39, 0.29) is 11.9 Å². The zero-order valence-corrected chi connectivity index (χ0v) is 14.9. The molecular weight excluding hydrogens is 312 g/mol. The van der Waals surface area contributed by atoms with E-state index in [0.29, 0.717) is 5.76 Å². The number of likely N-dealkylation sites (tertiary alicyclic amines) is 1. The minimum Gasteiger partial charge on any atom is -0.451 e. The fourth-order valence-electron chi connectivity index (χ4n) is 4.35. The molecule has 1 saturated heterocycles. The topological polar surface area (TPSA) is 45.5 Å². The van der Waals surface area contributed by atoms with Crippen molar-refractivity contribution in [3.63, 3.8) is 0 Å². The molecule has 4 nitrogen and oxygen atoms in total. The molecule has 0 unspecified atom stereocenters. The first kappa shape index (κ1) is 16.6. The molecule has 0 spiro atoms. The Morgan fingerprint density at radius 1 is 1.08 bits per heavy atom. The molecular formula is C21H28N2O2. The molecule has 2 aliphatic rings. The van der Waals surface area contributed by atoms with Crippen molar-refractivity contribution in [3.05, 3.63) is 36.1 Å². The van der Waals surface area contributed by atoms with Crippen LogP contribution in [-0.2, 0) is 0 Å². The van der Waals surface area contributed by atoms with Gasteiger partial charge in [-0.3, -0.25) is 4.79 Å². The third-order valence-electron chi connectivity index (χ3n) is 5.81. The predicted octanol–water partition coefficient (Wildman–Crippen LogP) is 4.21. The van der Waals surface area contributed by atoms with Gasteiger partial charge in [0.15, 0.2) is 5.76 Å². The lowest BCUT2D eigenvalue weighted by Crippen LogP contribution is -2.45. The molecule has 1 aliphatic carbocycles. The number of benzene rings is 1. The first-order chi connectivity index (χ1) is 12.3. The number of nitrogens with zero attached hydrogens (tertiary/aromatic N) is 1. The van der Waals surface area contributed by atoms with Crippen LogP contribution < -0.4 is 5.32 Å². The number of hydrogen-bond acceptors (Lipinski definition) is 3. The van der Waals surface area contributed by atoms with E-state index in [1.165, 1.54) is 38.6 Å². The number of rotatable bonds is 4. The van der Waals surface area contributed by atoms with Crippen LogP contribution in [0.2, 0.25) is 0 Å². The highest BCUT2D eigenvalue weighted by Gasteiger charge is 2.24. The Morgan fingerprint density at radius 2 is 1.84 bits per heavy atom. The Labute approximate surface area is 149 Å². The molecule has 25 heavy (non-hydrogen) atoms. The average molecular weight is 340 g/mol. The van der Waals surface area contributed by atoms with Crippen molar-refractivity contribution in [2.45, 2.75) is 51.0 Å². The second kappa shape index (κ2) is 7.61. The minimum absolute atomic E-state index is 0.0815. The summed E-state index contributed by atoms with van der Waals surface area (Å²) in [5.41, 5.74) is 0.773. The zero-order valence-electron chi connectivity index (χ0n) is 14.9. The number of amides is 1. The summed E-state index contributed by atoms with van der Waals surface area (Å²) in [6.07, 6.45) is 9.14. The van der Waals surface area contributed by atoms with E-state index >= 15 is 0 Å². The first-order valence-corrected chi connectivity index (χ1v) is 9.80. The zero-order chi connectivity index (χ0) is 17.1. The molecule has 0 bridgehead atoms. The highest BCUT2D eigenvalue weighted by Crippen LogP contribution is 2.25. The molecule has 134 valence electrons. The third-order valence-corrected chi connectivity index (χ3v) is 5.81. The molecule has 1 N–H and O–H groups in total. The van der Waals surface area contributed by atoms with Crippen molar-refractivity contribution >= 4 is 16.9 Å². The number of hydrogen-bond donors (Lipinski definition) is 1. The van der Waals surface area contributed by atoms with Gasteiger partial charge in [0.05, 0.1) is 0 Å². The quantitative estimate of drug-likeness (QED) is 0.907. The number of nitrogens with one attached hydrogen (secondary N) is 1. The summed E-state index contributed by atoms with van der Waals surface area (Å²) in [4.78, 5) is 15.1. The Bertz CT molecular complexity index is 677. The number of carbonyl (C=O) groups excluding carboxylic acids is 1. The number of carbonyl (C=O) groups is 1. The number of piperidine rings is 1. The molecule has 1 aromatic carbocycles. The van der Waals surface area contributed by atoms with E-state index in [1.54, 1.807) is 0 Å². The third kappa shape index (κ3) is 4.06. The second-order valence-electron chi connectivity index (χ2n) is 7.70. The van der Waals surface area contributed by atoms with Crippen LogP contribution in [0, 0.1) is 5.92 Å². The average Bonchev–Trinajstić information content (AvgIpc) is 3.09. The normalized spacial score (nSPS) is 20.8. The van der Waals surface area contributed by atoms with Crippen LogP contribution in [0.1, 0.15) is 55.5 Å². The van der Waals surface area contributed by atoms with E-state index in [9.17, 15) is 4.79 Å². The van der Waals surface area contributed by atoms with Crippen LogP contribution in [0.15, 0.2) is 34.7 Å². The SMILES string of the molecule is O=C(NC1CCN(CC2CCCCC2)CC1)c1cc2ccccc2o1. The van der Waals surface area contributed by atoms with Crippen molar-refractivity contribution in [1.29, 1.82) is 0 Å². The fourth-order valence-corrected chi connectivity index (χ4v) is 4.35. The summed E-state index contributed by atoms with van der Waals surface area (Å²) in [6.45, 7) is 3.45. The molecule has 4 heteroatoms. The lowest BCUT2D eigenvalue weighted by Gasteiger charge is -2.35. The highest BCUT2D eigenvalue weighted by molar-refractivity contribution is 5.96. The lowest BCUT2D eigenvalue weighted by molar-refractivity contribution is 0.0876. The molecule has 2 fully saturated rings. The van der Waals surface area contributed by atoms with Gasteiger partial charge >= 0.3 is 0 Å². The van der Waals surface area contributed by atoms with Crippen LogP contribution in [0.4, 0.5) is 0 Å². The van der Waals surface area contributed by atoms with Gasteiger partial charge in [0, 0.05) is 31.1 Å². The van der Waals surface area contributed by atoms with Crippen molar-refractivity contribution in [1.82, 2.24) is 10.2 Å². The van der Waals surface area contributed by atoms with Gasteiger partial charge in [0.1, 0.15) is 5.58 Å². The number of para-hydroxylation sites is 1. The van der Waals surface area contributed by atoms with Crippen molar-refractivity contribution in [2.75, 3.05) is 19.6 Å². The Kier molecular flexibility index (Phi) is 5.07. The molecule has 0 atom stereocenters. The summed E-state index contributed by atoms with van der Waals surface area (Å²) < 4.78 is 5.67. The Hall–Kier alpha value is -1.81. The lowest BCUT2D eigenvalue weighted by atomic mass is 9.88. The maximum absolute atomic E-state index is 12.5. The summed E-state index contributed by atoms with van der Waals surface area (Å²) >= 11 is 0. The Morgan fingerprint density at radius 3 is 2.60 bits per heavy atom. The summed E-state index contributed by atoms with van der Waals surface area (Å²) in [5, 5.41) is 4.14. The maximum atomic E-state index is 12.5. The van der Waals surface area contributed by atoms with Gasteiger partial charge in [-0.05, 0) is 43.7 Å². The minimum atomic E-state index is -0.0815. The van der Waals surface area contributed by atoms with Gasteiger partial charge in [-0.1, -0.05) is 37.5 Å². The molecule has 2 heterocycles. The summed E-state index contributed by atoms with van der Waals surface area (Å²) in [7, 11) is 0. The van der Waals surface area contributed by atoms with Crippen LogP contribution in [0.25, 0.3) is 11.0 Å². The highest BCUT2D eigenvalue weighted by atomic mass is 16.3. The molecule has 1 amide bonds. The predicted molar refractivity (Wildman–Crippen MR) is 99.7 cm³/mol. The van der Waals surface area contributed by atoms with Crippen molar-refractivity contribution in [3.8, 4) is 0 Å². The van der Waals surface area contributed by atoms with Gasteiger partial charge in [-0.15, -0.1) is 0 Å². The van der Waals surface area contributed by atoms with Gasteiger partial charge in [0.2, 0.25) is 0 Å². The van der Waals surface area contributed by atoms with E-state index < -0.39 is 0 Å². The van der Waals surface area contributed by atoms with Crippen LogP contribution in [-0.4, -0.2) is 36.5 Å². The van der Waals surface area contributed by atoms with E-state index in [2.05, 4.69) is 10.2 Å². The van der Waals surface area contributed by atoms with Gasteiger partial charge < -0.3 is 14.6 Å². The van der Waals surface area contributed by atoms with Crippen molar-refractivity contribution in [2.24, 2.45) is 5.92 Å². The summed E-state index contributed by atoms with van der Waals surface area (Å²) in [5.74, 6) is 1.24. The number of fused-ring (bicyclic) bond motifs is 1. The first-order valence-electron chi connectivity index (χ1n) is 9.80.